The molecule has 2 heterocycles. The van der Waals surface area contributed by atoms with E-state index >= 15 is 4.39 Å². The predicted octanol–water partition coefficient (Wildman–Crippen LogP) is 4.15. The summed E-state index contributed by atoms with van der Waals surface area (Å²) in [7, 11) is 2.03. The molecule has 1 aromatic heterocycles. The van der Waals surface area contributed by atoms with Gasteiger partial charge in [0.25, 0.3) is 5.91 Å². The zero-order valence-electron chi connectivity index (χ0n) is 28.9. The number of hydrogen-bond acceptors (Lipinski definition) is 6. The first kappa shape index (κ1) is 36.0. The minimum absolute atomic E-state index is 0.0186. The summed E-state index contributed by atoms with van der Waals surface area (Å²) in [6.07, 6.45) is 5.19. The quantitative estimate of drug-likeness (QED) is 0.334. The van der Waals surface area contributed by atoms with E-state index in [1.54, 1.807) is 41.8 Å². The topological polar surface area (TPSA) is 129 Å². The second kappa shape index (κ2) is 15.9. The summed E-state index contributed by atoms with van der Waals surface area (Å²) in [5, 5.41) is 12.7. The van der Waals surface area contributed by atoms with Crippen LogP contribution in [-0.4, -0.2) is 87.5 Å². The van der Waals surface area contributed by atoms with Gasteiger partial charge in [-0.15, -0.1) is 0 Å². The van der Waals surface area contributed by atoms with E-state index in [4.69, 9.17) is 0 Å². The fourth-order valence-electron chi connectivity index (χ4n) is 6.79. The van der Waals surface area contributed by atoms with Gasteiger partial charge in [-0.1, -0.05) is 39.7 Å². The number of amides is 4. The average Bonchev–Trinajstić information content (AvgIpc) is 3.54. The van der Waals surface area contributed by atoms with Crippen LogP contribution in [0.2, 0.25) is 0 Å². The highest BCUT2D eigenvalue weighted by Crippen LogP contribution is 2.32. The van der Waals surface area contributed by atoms with Crippen molar-refractivity contribution in [2.45, 2.75) is 110 Å². The Kier molecular flexibility index (Phi) is 12.2. The molecule has 0 bridgehead atoms. The van der Waals surface area contributed by atoms with Gasteiger partial charge in [0.05, 0.1) is 5.69 Å². The van der Waals surface area contributed by atoms with Gasteiger partial charge in [0.15, 0.2) is 0 Å². The van der Waals surface area contributed by atoms with Crippen molar-refractivity contribution in [1.29, 1.82) is 0 Å². The Morgan fingerprint density at radius 1 is 0.979 bits per heavy atom. The Labute approximate surface area is 278 Å². The van der Waals surface area contributed by atoms with E-state index < -0.39 is 35.6 Å². The Morgan fingerprint density at radius 3 is 2.32 bits per heavy atom. The van der Waals surface area contributed by atoms with Gasteiger partial charge in [-0.2, -0.15) is 5.10 Å². The maximum absolute atomic E-state index is 15.7. The van der Waals surface area contributed by atoms with Gasteiger partial charge in [0, 0.05) is 50.3 Å². The number of piperazine rings is 1. The van der Waals surface area contributed by atoms with E-state index in [2.05, 4.69) is 39.8 Å². The third kappa shape index (κ3) is 8.57. The molecule has 258 valence electrons. The van der Waals surface area contributed by atoms with Crippen LogP contribution in [0.25, 0.3) is 0 Å². The molecule has 5 atom stereocenters. The maximum atomic E-state index is 15.7. The van der Waals surface area contributed by atoms with Crippen LogP contribution >= 0.6 is 0 Å². The van der Waals surface area contributed by atoms with Crippen molar-refractivity contribution < 1.29 is 23.6 Å². The summed E-state index contributed by atoms with van der Waals surface area (Å²) < 4.78 is 17.3. The van der Waals surface area contributed by atoms with Crippen LogP contribution in [0.5, 0.6) is 0 Å². The molecule has 1 aromatic carbocycles. The molecule has 1 aliphatic heterocycles. The lowest BCUT2D eigenvalue weighted by Crippen LogP contribution is -2.61. The lowest BCUT2D eigenvalue weighted by molar-refractivity contribution is -0.141. The van der Waals surface area contributed by atoms with E-state index in [1.807, 2.05) is 20.9 Å². The standard InChI is InChI=1S/C35H52FN7O4/c1-8-30(44)39-31(35(47)42-20-22(4)41(7)19-23(42)5)24(6)26-14-15-28(27(36)18-26)38-34(46)32(25-12-10-21(3)11-13-25)40-33(45)29-16-17-37-43(29)9-2/h14-18,21-25,31-32H,8-13,19-20H2,1-7H3,(H,38,46)(H,39,44)(H,40,45)/t21-,22-,23-,24+,25-,31-,32+/m1/s1. The lowest BCUT2D eigenvalue weighted by atomic mass is 9.79. The highest BCUT2D eigenvalue weighted by molar-refractivity contribution is 6.00. The van der Waals surface area contributed by atoms with E-state index in [0.717, 1.165) is 25.7 Å². The summed E-state index contributed by atoms with van der Waals surface area (Å²) in [4.78, 5) is 57.4. The SMILES string of the molecule is CCC(=O)N[C@@H](C(=O)N1C[C@@H](C)N(C)C[C@H]1C)[C@@H](C)c1ccc(NC(=O)[C@@H](NC(=O)c2ccnn2CC)[C@H]2CC[C@H](C)CC2)c(F)c1. The number of nitrogens with zero attached hydrogens (tertiary/aromatic N) is 4. The van der Waals surface area contributed by atoms with Crippen LogP contribution in [0, 0.1) is 17.7 Å². The predicted molar refractivity (Wildman–Crippen MR) is 179 cm³/mol. The summed E-state index contributed by atoms with van der Waals surface area (Å²) in [6.45, 7) is 13.4. The molecule has 1 aliphatic carbocycles. The van der Waals surface area contributed by atoms with Crippen molar-refractivity contribution >= 4 is 29.3 Å². The van der Waals surface area contributed by atoms with Crippen molar-refractivity contribution in [3.8, 4) is 0 Å². The number of aromatic nitrogens is 2. The number of nitrogens with one attached hydrogen (secondary N) is 3. The molecule has 0 unspecified atom stereocenters. The van der Waals surface area contributed by atoms with E-state index in [-0.39, 0.29) is 41.9 Å². The Hall–Kier alpha value is -3.80. The van der Waals surface area contributed by atoms with Crippen molar-refractivity contribution in [3.63, 3.8) is 0 Å². The number of benzene rings is 1. The molecule has 2 aliphatic rings. The molecule has 1 saturated heterocycles. The number of carbonyl (C=O) groups is 4. The van der Waals surface area contributed by atoms with Crippen molar-refractivity contribution in [2.75, 3.05) is 25.5 Å². The summed E-state index contributed by atoms with van der Waals surface area (Å²) in [5.41, 5.74) is 0.859. The number of likely N-dealkylation sites (N-methyl/N-ethyl adjacent to an activating group) is 1. The van der Waals surface area contributed by atoms with Crippen LogP contribution in [0.3, 0.4) is 0 Å². The smallest absolute Gasteiger partial charge is 0.270 e. The normalized spacial score (nSPS) is 23.8. The molecule has 1 saturated carbocycles. The maximum Gasteiger partial charge on any atom is 0.270 e. The van der Waals surface area contributed by atoms with Crippen LogP contribution in [0.1, 0.15) is 95.6 Å². The molecule has 0 radical (unpaired) electrons. The first-order valence-electron chi connectivity index (χ1n) is 17.1. The summed E-state index contributed by atoms with van der Waals surface area (Å²) in [6, 6.07) is 4.46. The minimum atomic E-state index is -0.884. The van der Waals surface area contributed by atoms with E-state index in [9.17, 15) is 19.2 Å². The fourth-order valence-corrected chi connectivity index (χ4v) is 6.79. The molecule has 2 fully saturated rings. The highest BCUT2D eigenvalue weighted by atomic mass is 19.1. The molecular formula is C35H52FN7O4. The molecule has 0 spiro atoms. The molecular weight excluding hydrogens is 601 g/mol. The molecule has 2 aromatic rings. The Morgan fingerprint density at radius 2 is 1.68 bits per heavy atom. The van der Waals surface area contributed by atoms with Crippen molar-refractivity contribution in [1.82, 2.24) is 30.2 Å². The van der Waals surface area contributed by atoms with E-state index in [0.29, 0.717) is 36.8 Å². The zero-order chi connectivity index (χ0) is 34.4. The number of carbonyl (C=O) groups excluding carboxylic acids is 4. The second-order valence-electron chi connectivity index (χ2n) is 13.5. The van der Waals surface area contributed by atoms with Gasteiger partial charge >= 0.3 is 0 Å². The monoisotopic (exact) mass is 653 g/mol. The third-order valence-corrected chi connectivity index (χ3v) is 10.1. The first-order valence-corrected chi connectivity index (χ1v) is 17.1. The largest absolute Gasteiger partial charge is 0.344 e. The van der Waals surface area contributed by atoms with Gasteiger partial charge in [0.1, 0.15) is 23.6 Å². The molecule has 11 nitrogen and oxygen atoms in total. The average molecular weight is 654 g/mol. The summed E-state index contributed by atoms with van der Waals surface area (Å²) in [5.74, 6) is -2.11. The number of rotatable bonds is 11. The zero-order valence-corrected chi connectivity index (χ0v) is 28.9. The van der Waals surface area contributed by atoms with Gasteiger partial charge in [-0.25, -0.2) is 4.39 Å². The third-order valence-electron chi connectivity index (χ3n) is 10.1. The number of hydrogen-bond donors (Lipinski definition) is 3. The van der Waals surface area contributed by atoms with Gasteiger partial charge < -0.3 is 20.9 Å². The fraction of sp³-hybridized carbons (Fsp3) is 0.629. The summed E-state index contributed by atoms with van der Waals surface area (Å²) >= 11 is 0. The number of halogens is 1. The Bertz CT molecular complexity index is 1420. The minimum Gasteiger partial charge on any atom is -0.344 e. The van der Waals surface area contributed by atoms with Crippen LogP contribution in [-0.2, 0) is 20.9 Å². The second-order valence-corrected chi connectivity index (χ2v) is 13.5. The number of aryl methyl sites for hydroxylation is 1. The van der Waals surface area contributed by atoms with Crippen molar-refractivity contribution in [2.24, 2.45) is 11.8 Å². The van der Waals surface area contributed by atoms with Crippen LogP contribution in [0.15, 0.2) is 30.5 Å². The lowest BCUT2D eigenvalue weighted by Gasteiger charge is -2.44. The van der Waals surface area contributed by atoms with Gasteiger partial charge in [-0.05, 0) is 76.3 Å². The molecule has 4 rings (SSSR count). The van der Waals surface area contributed by atoms with E-state index in [1.165, 1.54) is 12.1 Å². The highest BCUT2D eigenvalue weighted by Gasteiger charge is 2.38. The Balaban J connectivity index is 1.54. The first-order chi connectivity index (χ1) is 22.3. The number of anilines is 1. The molecule has 3 N–H and O–H groups in total. The van der Waals surface area contributed by atoms with Gasteiger partial charge in [-0.3, -0.25) is 28.8 Å². The molecule has 47 heavy (non-hydrogen) atoms. The van der Waals surface area contributed by atoms with Crippen LogP contribution < -0.4 is 16.0 Å². The van der Waals surface area contributed by atoms with Gasteiger partial charge in [0.2, 0.25) is 17.7 Å². The molecule has 12 heteroatoms. The molecule has 4 amide bonds. The van der Waals surface area contributed by atoms with Crippen LogP contribution in [0.4, 0.5) is 10.1 Å². The van der Waals surface area contributed by atoms with Crippen molar-refractivity contribution in [3.05, 3.63) is 47.5 Å².